The first kappa shape index (κ1) is 14.7. The maximum absolute atomic E-state index is 12.5. The van der Waals surface area contributed by atoms with E-state index >= 15 is 0 Å². The standard InChI is InChI=1S/C13H16F3NO/c1-8-6-9(13(14,15)16)4-5-10(8)11(18)12(2,3)7-17/h4-6H,7,17H2,1-3H3. The zero-order valence-corrected chi connectivity index (χ0v) is 10.6. The van der Waals surface area contributed by atoms with E-state index in [9.17, 15) is 18.0 Å². The lowest BCUT2D eigenvalue weighted by atomic mass is 9.82. The van der Waals surface area contributed by atoms with Gasteiger partial charge in [0.25, 0.3) is 0 Å². The van der Waals surface area contributed by atoms with E-state index in [0.717, 1.165) is 12.1 Å². The molecule has 0 fully saturated rings. The van der Waals surface area contributed by atoms with E-state index in [1.54, 1.807) is 13.8 Å². The molecule has 5 heteroatoms. The smallest absolute Gasteiger partial charge is 0.329 e. The maximum Gasteiger partial charge on any atom is 0.416 e. The molecule has 0 amide bonds. The Hall–Kier alpha value is -1.36. The Morgan fingerprint density at radius 3 is 2.22 bits per heavy atom. The van der Waals surface area contributed by atoms with Crippen LogP contribution in [0, 0.1) is 12.3 Å². The van der Waals surface area contributed by atoms with E-state index in [2.05, 4.69) is 0 Å². The van der Waals surface area contributed by atoms with Crippen LogP contribution >= 0.6 is 0 Å². The molecule has 0 radical (unpaired) electrons. The van der Waals surface area contributed by atoms with Gasteiger partial charge >= 0.3 is 6.18 Å². The number of aryl methyl sites for hydroxylation is 1. The second kappa shape index (κ2) is 4.72. The monoisotopic (exact) mass is 259 g/mol. The summed E-state index contributed by atoms with van der Waals surface area (Å²) < 4.78 is 37.5. The molecule has 100 valence electrons. The van der Waals surface area contributed by atoms with Gasteiger partial charge in [0.15, 0.2) is 5.78 Å². The number of alkyl halides is 3. The van der Waals surface area contributed by atoms with Crippen molar-refractivity contribution in [3.05, 3.63) is 34.9 Å². The summed E-state index contributed by atoms with van der Waals surface area (Å²) in [6.07, 6.45) is -4.39. The third kappa shape index (κ3) is 2.90. The van der Waals surface area contributed by atoms with Crippen molar-refractivity contribution in [1.82, 2.24) is 0 Å². The molecule has 0 aliphatic rings. The summed E-state index contributed by atoms with van der Waals surface area (Å²) in [5.41, 5.74) is 4.58. The Labute approximate surface area is 104 Å². The van der Waals surface area contributed by atoms with Gasteiger partial charge in [0.05, 0.1) is 5.56 Å². The lowest BCUT2D eigenvalue weighted by Crippen LogP contribution is -2.33. The lowest BCUT2D eigenvalue weighted by molar-refractivity contribution is -0.137. The molecule has 1 aromatic rings. The predicted octanol–water partition coefficient (Wildman–Crippen LogP) is 3.18. The average Bonchev–Trinajstić information content (AvgIpc) is 2.26. The quantitative estimate of drug-likeness (QED) is 0.847. The van der Waals surface area contributed by atoms with Gasteiger partial charge in [-0.1, -0.05) is 19.9 Å². The number of hydrogen-bond acceptors (Lipinski definition) is 2. The molecular formula is C13H16F3NO. The Bertz CT molecular complexity index is 464. The molecule has 18 heavy (non-hydrogen) atoms. The molecule has 0 saturated carbocycles. The van der Waals surface area contributed by atoms with Crippen LogP contribution in [0.2, 0.25) is 0 Å². The van der Waals surface area contributed by atoms with Gasteiger partial charge < -0.3 is 5.73 Å². The molecule has 1 rings (SSSR count). The molecule has 0 aliphatic heterocycles. The zero-order chi connectivity index (χ0) is 14.1. The summed E-state index contributed by atoms with van der Waals surface area (Å²) in [4.78, 5) is 12.1. The van der Waals surface area contributed by atoms with Gasteiger partial charge in [0, 0.05) is 17.5 Å². The van der Waals surface area contributed by atoms with Gasteiger partial charge in [-0.25, -0.2) is 0 Å². The summed E-state index contributed by atoms with van der Waals surface area (Å²) in [7, 11) is 0. The highest BCUT2D eigenvalue weighted by Crippen LogP contribution is 2.31. The molecule has 1 aromatic carbocycles. The fourth-order valence-electron chi connectivity index (χ4n) is 1.55. The molecule has 0 bridgehead atoms. The van der Waals surface area contributed by atoms with E-state index in [-0.39, 0.29) is 12.3 Å². The fraction of sp³-hybridized carbons (Fsp3) is 0.462. The van der Waals surface area contributed by atoms with E-state index in [1.807, 2.05) is 0 Å². The first-order valence-electron chi connectivity index (χ1n) is 5.52. The Balaban J connectivity index is 3.19. The summed E-state index contributed by atoms with van der Waals surface area (Å²) in [6.45, 7) is 4.99. The van der Waals surface area contributed by atoms with Gasteiger partial charge in [0.1, 0.15) is 0 Å². The van der Waals surface area contributed by atoms with Crippen LogP contribution in [0.25, 0.3) is 0 Å². The Kier molecular flexibility index (Phi) is 3.86. The van der Waals surface area contributed by atoms with Crippen LogP contribution in [0.1, 0.15) is 35.3 Å². The second-order valence-electron chi connectivity index (χ2n) is 4.94. The van der Waals surface area contributed by atoms with Crippen molar-refractivity contribution in [1.29, 1.82) is 0 Å². The molecule has 0 unspecified atom stereocenters. The highest BCUT2D eigenvalue weighted by Gasteiger charge is 2.33. The zero-order valence-electron chi connectivity index (χ0n) is 10.6. The third-order valence-corrected chi connectivity index (χ3v) is 2.92. The summed E-state index contributed by atoms with van der Waals surface area (Å²) in [5.74, 6) is -0.240. The van der Waals surface area contributed by atoms with Crippen molar-refractivity contribution in [2.45, 2.75) is 26.9 Å². The van der Waals surface area contributed by atoms with Crippen molar-refractivity contribution in [3.63, 3.8) is 0 Å². The number of carbonyl (C=O) groups is 1. The van der Waals surface area contributed by atoms with Crippen molar-refractivity contribution in [3.8, 4) is 0 Å². The van der Waals surface area contributed by atoms with E-state index in [1.165, 1.54) is 13.0 Å². The van der Waals surface area contributed by atoms with Crippen molar-refractivity contribution >= 4 is 5.78 Å². The number of nitrogens with two attached hydrogens (primary N) is 1. The predicted molar refractivity (Wildman–Crippen MR) is 63.3 cm³/mol. The first-order valence-corrected chi connectivity index (χ1v) is 5.52. The van der Waals surface area contributed by atoms with E-state index < -0.39 is 17.2 Å². The minimum Gasteiger partial charge on any atom is -0.329 e. The molecule has 0 atom stereocenters. The van der Waals surface area contributed by atoms with Gasteiger partial charge in [0.2, 0.25) is 0 Å². The Morgan fingerprint density at radius 1 is 1.28 bits per heavy atom. The van der Waals surface area contributed by atoms with Crippen molar-refractivity contribution in [2.24, 2.45) is 11.1 Å². The van der Waals surface area contributed by atoms with Crippen LogP contribution in [0.15, 0.2) is 18.2 Å². The highest BCUT2D eigenvalue weighted by molar-refractivity contribution is 6.01. The number of ketones is 1. The fourth-order valence-corrected chi connectivity index (χ4v) is 1.55. The second-order valence-corrected chi connectivity index (χ2v) is 4.94. The van der Waals surface area contributed by atoms with Crippen molar-refractivity contribution in [2.75, 3.05) is 6.54 Å². The van der Waals surface area contributed by atoms with E-state index in [0.29, 0.717) is 11.1 Å². The van der Waals surface area contributed by atoms with Gasteiger partial charge in [-0.3, -0.25) is 4.79 Å². The molecule has 0 spiro atoms. The first-order chi connectivity index (χ1) is 8.09. The number of benzene rings is 1. The number of Topliss-reactive ketones (excluding diaryl/α,β-unsaturated/α-hetero) is 1. The third-order valence-electron chi connectivity index (χ3n) is 2.92. The Morgan fingerprint density at radius 2 is 1.83 bits per heavy atom. The highest BCUT2D eigenvalue weighted by atomic mass is 19.4. The molecule has 0 aliphatic carbocycles. The molecule has 2 N–H and O–H groups in total. The van der Waals surface area contributed by atoms with Gasteiger partial charge in [-0.2, -0.15) is 13.2 Å². The molecule has 0 saturated heterocycles. The summed E-state index contributed by atoms with van der Waals surface area (Å²) in [6, 6.07) is 3.13. The number of halogens is 3. The average molecular weight is 259 g/mol. The number of rotatable bonds is 3. The van der Waals surface area contributed by atoms with Crippen LogP contribution < -0.4 is 5.73 Å². The van der Waals surface area contributed by atoms with Crippen LogP contribution in [-0.2, 0) is 6.18 Å². The minimum absolute atomic E-state index is 0.145. The molecule has 0 heterocycles. The van der Waals surface area contributed by atoms with Crippen LogP contribution in [0.5, 0.6) is 0 Å². The lowest BCUT2D eigenvalue weighted by Gasteiger charge is -2.22. The molecular weight excluding hydrogens is 243 g/mol. The van der Waals surface area contributed by atoms with E-state index in [4.69, 9.17) is 5.73 Å². The van der Waals surface area contributed by atoms with Gasteiger partial charge in [-0.15, -0.1) is 0 Å². The van der Waals surface area contributed by atoms with Crippen LogP contribution in [0.3, 0.4) is 0 Å². The SMILES string of the molecule is Cc1cc(C(F)(F)F)ccc1C(=O)C(C)(C)CN. The molecule has 2 nitrogen and oxygen atoms in total. The number of carbonyl (C=O) groups excluding carboxylic acids is 1. The largest absolute Gasteiger partial charge is 0.416 e. The maximum atomic E-state index is 12.5. The van der Waals surface area contributed by atoms with Crippen LogP contribution in [-0.4, -0.2) is 12.3 Å². The van der Waals surface area contributed by atoms with Crippen LogP contribution in [0.4, 0.5) is 13.2 Å². The summed E-state index contributed by atoms with van der Waals surface area (Å²) in [5, 5.41) is 0. The van der Waals surface area contributed by atoms with Crippen molar-refractivity contribution < 1.29 is 18.0 Å². The van der Waals surface area contributed by atoms with Gasteiger partial charge in [-0.05, 0) is 24.6 Å². The minimum atomic E-state index is -4.39. The normalized spacial score (nSPS) is 12.6. The number of hydrogen-bond donors (Lipinski definition) is 1. The topological polar surface area (TPSA) is 43.1 Å². The molecule has 0 aromatic heterocycles. The summed E-state index contributed by atoms with van der Waals surface area (Å²) >= 11 is 0.